The first kappa shape index (κ1) is 21.9. The molecule has 2 nitrogen and oxygen atoms in total. The van der Waals surface area contributed by atoms with Gasteiger partial charge in [0.2, 0.25) is 0 Å². The molecule has 0 heterocycles. The molecule has 3 aromatic rings. The van der Waals surface area contributed by atoms with Crippen molar-refractivity contribution in [3.05, 3.63) is 59.7 Å². The number of carbonyl (C=O) groups excluding carboxylic acids is 1. The van der Waals surface area contributed by atoms with Crippen molar-refractivity contribution in [1.29, 1.82) is 0 Å². The molecule has 0 bridgehead atoms. The van der Waals surface area contributed by atoms with Crippen molar-refractivity contribution in [3.63, 3.8) is 0 Å². The van der Waals surface area contributed by atoms with Crippen LogP contribution in [0.3, 0.4) is 0 Å². The Balaban J connectivity index is 1.51. The minimum Gasteiger partial charge on any atom is -0.455 e. The van der Waals surface area contributed by atoms with Crippen LogP contribution in [0.2, 0.25) is 0 Å². The van der Waals surface area contributed by atoms with E-state index in [9.17, 15) is 4.79 Å². The van der Waals surface area contributed by atoms with E-state index in [4.69, 9.17) is 4.74 Å². The maximum atomic E-state index is 13.0. The first-order chi connectivity index (χ1) is 14.8. The molecular formula is C29H36O2. The average molecular weight is 417 g/mol. The van der Waals surface area contributed by atoms with Crippen molar-refractivity contribution in [1.82, 2.24) is 0 Å². The zero-order valence-electron chi connectivity index (χ0n) is 19.7. The van der Waals surface area contributed by atoms with Crippen LogP contribution in [0.1, 0.15) is 70.9 Å². The fraction of sp³-hybridized carbons (Fsp3) is 0.483. The molecule has 1 fully saturated rings. The van der Waals surface area contributed by atoms with Gasteiger partial charge in [0.25, 0.3) is 0 Å². The highest BCUT2D eigenvalue weighted by molar-refractivity contribution is 5.99. The van der Waals surface area contributed by atoms with E-state index >= 15 is 0 Å². The Bertz CT molecular complexity index is 1090. The summed E-state index contributed by atoms with van der Waals surface area (Å²) in [6.45, 7) is 10.8. The van der Waals surface area contributed by atoms with Crippen molar-refractivity contribution < 1.29 is 9.53 Å². The van der Waals surface area contributed by atoms with Gasteiger partial charge in [0.05, 0.1) is 5.92 Å². The van der Waals surface area contributed by atoms with E-state index in [2.05, 4.69) is 69.3 Å². The molecule has 1 aliphatic carbocycles. The average Bonchev–Trinajstić information content (AvgIpc) is 2.77. The van der Waals surface area contributed by atoms with E-state index in [-0.39, 0.29) is 11.9 Å². The molecule has 1 aliphatic rings. The Kier molecular flexibility index (Phi) is 6.10. The summed E-state index contributed by atoms with van der Waals surface area (Å²) >= 11 is 0. The normalized spacial score (nSPS) is 20.7. The third-order valence-corrected chi connectivity index (χ3v) is 7.66. The lowest BCUT2D eigenvalue weighted by Crippen LogP contribution is -2.32. The van der Waals surface area contributed by atoms with Crippen LogP contribution >= 0.6 is 0 Å². The molecule has 0 spiro atoms. The predicted molar refractivity (Wildman–Crippen MR) is 130 cm³/mol. The van der Waals surface area contributed by atoms with Gasteiger partial charge in [-0.15, -0.1) is 0 Å². The maximum Gasteiger partial charge on any atom is 0.309 e. The molecule has 164 valence electrons. The number of aryl methyl sites for hydroxylation is 1. The van der Waals surface area contributed by atoms with Crippen molar-refractivity contribution in [3.8, 4) is 0 Å². The molecule has 3 aromatic carbocycles. The van der Waals surface area contributed by atoms with Gasteiger partial charge in [0.1, 0.15) is 5.60 Å². The molecule has 0 saturated heterocycles. The second kappa shape index (κ2) is 8.65. The Morgan fingerprint density at radius 3 is 2.45 bits per heavy atom. The van der Waals surface area contributed by atoms with Crippen LogP contribution in [0.4, 0.5) is 0 Å². The van der Waals surface area contributed by atoms with Crippen molar-refractivity contribution >= 4 is 27.5 Å². The van der Waals surface area contributed by atoms with Crippen LogP contribution in [0.5, 0.6) is 0 Å². The topological polar surface area (TPSA) is 26.3 Å². The van der Waals surface area contributed by atoms with Gasteiger partial charge in [-0.1, -0.05) is 50.6 Å². The number of hydrogen-bond donors (Lipinski definition) is 0. The van der Waals surface area contributed by atoms with Crippen LogP contribution in [0.15, 0.2) is 48.5 Å². The molecule has 2 heteroatoms. The lowest BCUT2D eigenvalue weighted by atomic mass is 9.75. The second-order valence-electron chi connectivity index (χ2n) is 10.1. The molecule has 4 rings (SSSR count). The molecule has 0 amide bonds. The summed E-state index contributed by atoms with van der Waals surface area (Å²) in [6, 6.07) is 17.4. The van der Waals surface area contributed by atoms with Gasteiger partial charge < -0.3 is 4.74 Å². The lowest BCUT2D eigenvalue weighted by molar-refractivity contribution is -0.164. The van der Waals surface area contributed by atoms with Crippen molar-refractivity contribution in [2.24, 2.45) is 17.8 Å². The highest BCUT2D eigenvalue weighted by Crippen LogP contribution is 2.37. The number of benzene rings is 3. The number of hydrogen-bond acceptors (Lipinski definition) is 2. The maximum absolute atomic E-state index is 13.0. The second-order valence-corrected chi connectivity index (χ2v) is 10.1. The molecule has 0 N–H and O–H groups in total. The van der Waals surface area contributed by atoms with E-state index in [1.807, 2.05) is 13.8 Å². The summed E-state index contributed by atoms with van der Waals surface area (Å²) in [5, 5.41) is 4.95. The van der Waals surface area contributed by atoms with Gasteiger partial charge in [0, 0.05) is 0 Å². The molecule has 1 saturated carbocycles. The molecular weight excluding hydrogens is 380 g/mol. The number of ether oxygens (including phenoxy) is 1. The quantitative estimate of drug-likeness (QED) is 0.312. The van der Waals surface area contributed by atoms with E-state index < -0.39 is 5.60 Å². The number of esters is 1. The molecule has 31 heavy (non-hydrogen) atoms. The van der Waals surface area contributed by atoms with E-state index in [1.165, 1.54) is 33.5 Å². The fourth-order valence-electron chi connectivity index (χ4n) is 5.21. The number of fused-ring (bicyclic) bond motifs is 2. The zero-order chi connectivity index (χ0) is 22.2. The Labute approximate surface area is 187 Å². The van der Waals surface area contributed by atoms with Gasteiger partial charge in [-0.2, -0.15) is 0 Å². The van der Waals surface area contributed by atoms with Crippen LogP contribution in [0.25, 0.3) is 21.5 Å². The van der Waals surface area contributed by atoms with Crippen LogP contribution < -0.4 is 0 Å². The van der Waals surface area contributed by atoms with E-state index in [0.29, 0.717) is 0 Å². The summed E-state index contributed by atoms with van der Waals surface area (Å²) < 4.78 is 6.10. The van der Waals surface area contributed by atoms with Crippen LogP contribution in [0, 0.1) is 24.7 Å². The summed E-state index contributed by atoms with van der Waals surface area (Å²) in [4.78, 5) is 13.0. The summed E-state index contributed by atoms with van der Waals surface area (Å²) in [5.74, 6) is 1.54. The smallest absolute Gasteiger partial charge is 0.309 e. The standard InChI is InChI=1S/C29H36O2/c1-6-19(2)21-10-12-22(13-11-21)28(30)31-29(4,5)26-15-14-23-18-27-20(3)8-7-9-24(27)16-25(23)17-26/h7-9,14-19,21-22H,6,10-13H2,1-5H3. The largest absolute Gasteiger partial charge is 0.455 e. The highest BCUT2D eigenvalue weighted by atomic mass is 16.6. The zero-order valence-corrected chi connectivity index (χ0v) is 19.7. The van der Waals surface area contributed by atoms with Gasteiger partial charge >= 0.3 is 5.97 Å². The fourth-order valence-corrected chi connectivity index (χ4v) is 5.21. The Hall–Kier alpha value is -2.35. The SMILES string of the molecule is CCC(C)C1CCC(C(=O)OC(C)(C)c2ccc3cc4c(C)cccc4cc3c2)CC1. The molecule has 1 atom stereocenters. The summed E-state index contributed by atoms with van der Waals surface area (Å²) in [7, 11) is 0. The van der Waals surface area contributed by atoms with Gasteiger partial charge in [0.15, 0.2) is 0 Å². The first-order valence-electron chi connectivity index (χ1n) is 11.9. The number of carbonyl (C=O) groups is 1. The van der Waals surface area contributed by atoms with Gasteiger partial charge in [-0.25, -0.2) is 0 Å². The van der Waals surface area contributed by atoms with Crippen LogP contribution in [-0.4, -0.2) is 5.97 Å². The predicted octanol–water partition coefficient (Wildman–Crippen LogP) is 7.93. The summed E-state index contributed by atoms with van der Waals surface area (Å²) in [5.41, 5.74) is 1.70. The van der Waals surface area contributed by atoms with Crippen molar-refractivity contribution in [2.45, 2.75) is 72.3 Å². The minimum absolute atomic E-state index is 0.0261. The monoisotopic (exact) mass is 416 g/mol. The van der Waals surface area contributed by atoms with Crippen molar-refractivity contribution in [2.75, 3.05) is 0 Å². The van der Waals surface area contributed by atoms with E-state index in [1.54, 1.807) is 0 Å². The summed E-state index contributed by atoms with van der Waals surface area (Å²) in [6.07, 6.45) is 5.46. The first-order valence-corrected chi connectivity index (χ1v) is 11.9. The lowest BCUT2D eigenvalue weighted by Gasteiger charge is -2.33. The van der Waals surface area contributed by atoms with Crippen LogP contribution in [-0.2, 0) is 15.1 Å². The molecule has 0 aliphatic heterocycles. The third-order valence-electron chi connectivity index (χ3n) is 7.66. The Morgan fingerprint density at radius 1 is 1.00 bits per heavy atom. The highest BCUT2D eigenvalue weighted by Gasteiger charge is 2.33. The third kappa shape index (κ3) is 4.49. The number of rotatable bonds is 5. The molecule has 1 unspecified atom stereocenters. The van der Waals surface area contributed by atoms with Gasteiger partial charge in [-0.3, -0.25) is 4.79 Å². The minimum atomic E-state index is -0.638. The Morgan fingerprint density at radius 2 is 1.74 bits per heavy atom. The molecule has 0 radical (unpaired) electrons. The van der Waals surface area contributed by atoms with Gasteiger partial charge in [-0.05, 0) is 109 Å². The van der Waals surface area contributed by atoms with E-state index in [0.717, 1.165) is 43.1 Å². The molecule has 0 aromatic heterocycles.